The van der Waals surface area contributed by atoms with Crippen molar-refractivity contribution in [3.8, 4) is 0 Å². The van der Waals surface area contributed by atoms with Gasteiger partial charge in [0.15, 0.2) is 0 Å². The van der Waals surface area contributed by atoms with Crippen molar-refractivity contribution in [3.63, 3.8) is 0 Å². The SMILES string of the molecule is CC(NC(=O)C(c1ccc(Cl)cc1)C(C)C)c1cn[nH]c1. The number of aromatic amines is 1. The molecule has 4 nitrogen and oxygen atoms in total. The maximum absolute atomic E-state index is 12.6. The van der Waals surface area contributed by atoms with E-state index in [-0.39, 0.29) is 23.8 Å². The van der Waals surface area contributed by atoms with E-state index in [1.165, 1.54) is 0 Å². The van der Waals surface area contributed by atoms with Gasteiger partial charge in [0.25, 0.3) is 0 Å². The Morgan fingerprint density at radius 3 is 2.38 bits per heavy atom. The van der Waals surface area contributed by atoms with Crippen LogP contribution < -0.4 is 5.32 Å². The largest absolute Gasteiger partial charge is 0.349 e. The molecule has 2 atom stereocenters. The van der Waals surface area contributed by atoms with Crippen LogP contribution in [-0.4, -0.2) is 16.1 Å². The summed E-state index contributed by atoms with van der Waals surface area (Å²) in [6, 6.07) is 7.38. The van der Waals surface area contributed by atoms with Crippen LogP contribution in [0.25, 0.3) is 0 Å². The van der Waals surface area contributed by atoms with Gasteiger partial charge < -0.3 is 5.32 Å². The van der Waals surface area contributed by atoms with E-state index < -0.39 is 0 Å². The highest BCUT2D eigenvalue weighted by Crippen LogP contribution is 2.27. The summed E-state index contributed by atoms with van der Waals surface area (Å²) in [5.74, 6) is 0.0142. The Hall–Kier alpha value is -1.81. The molecule has 2 rings (SSSR count). The summed E-state index contributed by atoms with van der Waals surface area (Å²) in [6.45, 7) is 6.03. The van der Waals surface area contributed by atoms with Gasteiger partial charge in [-0.15, -0.1) is 0 Å². The first kappa shape index (κ1) is 15.6. The van der Waals surface area contributed by atoms with E-state index in [2.05, 4.69) is 15.5 Å². The topological polar surface area (TPSA) is 57.8 Å². The number of hydrogen-bond donors (Lipinski definition) is 2. The Kier molecular flexibility index (Phi) is 5.02. The van der Waals surface area contributed by atoms with Crippen LogP contribution in [0, 0.1) is 5.92 Å². The zero-order valence-electron chi connectivity index (χ0n) is 12.4. The van der Waals surface area contributed by atoms with Crippen LogP contribution in [0.5, 0.6) is 0 Å². The second-order valence-electron chi connectivity index (χ2n) is 5.54. The number of H-pyrrole nitrogens is 1. The number of aromatic nitrogens is 2. The molecule has 0 radical (unpaired) electrons. The van der Waals surface area contributed by atoms with Crippen LogP contribution in [-0.2, 0) is 4.79 Å². The van der Waals surface area contributed by atoms with Crippen LogP contribution in [0.1, 0.15) is 43.9 Å². The minimum absolute atomic E-state index is 0.0148. The molecule has 112 valence electrons. The van der Waals surface area contributed by atoms with Crippen molar-refractivity contribution in [2.24, 2.45) is 5.92 Å². The third kappa shape index (κ3) is 3.85. The van der Waals surface area contributed by atoms with Crippen molar-refractivity contribution < 1.29 is 4.79 Å². The number of rotatable bonds is 5. The summed E-state index contributed by atoms with van der Waals surface area (Å²) in [5.41, 5.74) is 1.94. The second kappa shape index (κ2) is 6.76. The maximum atomic E-state index is 12.6. The van der Waals surface area contributed by atoms with Crippen LogP contribution in [0.2, 0.25) is 5.02 Å². The number of amides is 1. The normalized spacial score (nSPS) is 14.0. The maximum Gasteiger partial charge on any atom is 0.228 e. The fraction of sp³-hybridized carbons (Fsp3) is 0.375. The molecule has 0 aliphatic carbocycles. The molecule has 0 aliphatic rings. The van der Waals surface area contributed by atoms with Gasteiger partial charge in [0.2, 0.25) is 5.91 Å². The smallest absolute Gasteiger partial charge is 0.228 e. The Bertz CT molecular complexity index is 578. The molecule has 1 amide bonds. The van der Waals surface area contributed by atoms with Gasteiger partial charge in [-0.05, 0) is 30.5 Å². The summed E-state index contributed by atoms with van der Waals surface area (Å²) < 4.78 is 0. The van der Waals surface area contributed by atoms with Gasteiger partial charge in [0.05, 0.1) is 18.2 Å². The predicted octanol–water partition coefficient (Wildman–Crippen LogP) is 3.68. The number of nitrogens with zero attached hydrogens (tertiary/aromatic N) is 1. The zero-order valence-corrected chi connectivity index (χ0v) is 13.2. The molecule has 0 fully saturated rings. The van der Waals surface area contributed by atoms with Gasteiger partial charge in [-0.3, -0.25) is 9.89 Å². The molecule has 0 bridgehead atoms. The van der Waals surface area contributed by atoms with E-state index in [9.17, 15) is 4.79 Å². The number of hydrogen-bond acceptors (Lipinski definition) is 2. The fourth-order valence-electron chi connectivity index (χ4n) is 2.39. The molecule has 2 aromatic rings. The lowest BCUT2D eigenvalue weighted by Gasteiger charge is -2.23. The molecule has 1 aromatic carbocycles. The van der Waals surface area contributed by atoms with E-state index in [1.54, 1.807) is 12.4 Å². The van der Waals surface area contributed by atoms with Gasteiger partial charge >= 0.3 is 0 Å². The Morgan fingerprint density at radius 1 is 1.19 bits per heavy atom. The lowest BCUT2D eigenvalue weighted by atomic mass is 9.87. The molecule has 2 N–H and O–H groups in total. The van der Waals surface area contributed by atoms with Crippen LogP contribution in [0.3, 0.4) is 0 Å². The third-order valence-electron chi connectivity index (χ3n) is 3.56. The Balaban J connectivity index is 2.14. The molecular weight excluding hydrogens is 286 g/mol. The van der Waals surface area contributed by atoms with E-state index in [0.717, 1.165) is 11.1 Å². The quantitative estimate of drug-likeness (QED) is 0.885. The highest BCUT2D eigenvalue weighted by molar-refractivity contribution is 6.30. The molecule has 0 saturated heterocycles. The van der Waals surface area contributed by atoms with Crippen LogP contribution >= 0.6 is 11.6 Å². The fourth-order valence-corrected chi connectivity index (χ4v) is 2.52. The molecule has 1 aromatic heterocycles. The van der Waals surface area contributed by atoms with Crippen LogP contribution in [0.15, 0.2) is 36.7 Å². The second-order valence-corrected chi connectivity index (χ2v) is 5.97. The summed E-state index contributed by atoms with van der Waals surface area (Å²) in [7, 11) is 0. The average molecular weight is 306 g/mol. The van der Waals surface area contributed by atoms with Crippen molar-refractivity contribution in [2.75, 3.05) is 0 Å². The van der Waals surface area contributed by atoms with Gasteiger partial charge in [-0.2, -0.15) is 5.10 Å². The number of nitrogens with one attached hydrogen (secondary N) is 2. The summed E-state index contributed by atoms with van der Waals surface area (Å²) in [4.78, 5) is 12.6. The molecule has 2 unspecified atom stereocenters. The first-order chi connectivity index (χ1) is 9.99. The van der Waals surface area contributed by atoms with Crippen molar-refractivity contribution in [1.29, 1.82) is 0 Å². The lowest BCUT2D eigenvalue weighted by molar-refractivity contribution is -0.124. The monoisotopic (exact) mass is 305 g/mol. The first-order valence-corrected chi connectivity index (χ1v) is 7.41. The highest BCUT2D eigenvalue weighted by Gasteiger charge is 2.25. The number of carbonyl (C=O) groups excluding carboxylic acids is 1. The Labute approximate surface area is 129 Å². The van der Waals surface area contributed by atoms with Crippen molar-refractivity contribution in [3.05, 3.63) is 52.8 Å². The van der Waals surface area contributed by atoms with E-state index in [0.29, 0.717) is 5.02 Å². The average Bonchev–Trinajstić information content (AvgIpc) is 2.95. The molecule has 0 saturated carbocycles. The standard InChI is InChI=1S/C16H20ClN3O/c1-10(2)15(12-4-6-14(17)7-5-12)16(21)20-11(3)13-8-18-19-9-13/h4-11,15H,1-3H3,(H,18,19)(H,20,21). The van der Waals surface area contributed by atoms with Gasteiger partial charge in [0, 0.05) is 16.8 Å². The van der Waals surface area contributed by atoms with Crippen molar-refractivity contribution in [2.45, 2.75) is 32.7 Å². The minimum Gasteiger partial charge on any atom is -0.349 e. The highest BCUT2D eigenvalue weighted by atomic mass is 35.5. The molecule has 1 heterocycles. The van der Waals surface area contributed by atoms with Crippen molar-refractivity contribution >= 4 is 17.5 Å². The van der Waals surface area contributed by atoms with E-state index in [1.807, 2.05) is 45.0 Å². The van der Waals surface area contributed by atoms with Gasteiger partial charge in [-0.25, -0.2) is 0 Å². The lowest BCUT2D eigenvalue weighted by Crippen LogP contribution is -2.33. The number of benzene rings is 1. The first-order valence-electron chi connectivity index (χ1n) is 7.03. The predicted molar refractivity (Wildman–Crippen MR) is 84.2 cm³/mol. The zero-order chi connectivity index (χ0) is 15.4. The molecule has 0 aliphatic heterocycles. The van der Waals surface area contributed by atoms with Gasteiger partial charge in [0.1, 0.15) is 0 Å². The Morgan fingerprint density at radius 2 is 1.86 bits per heavy atom. The van der Waals surface area contributed by atoms with Crippen LogP contribution in [0.4, 0.5) is 0 Å². The number of carbonyl (C=O) groups is 1. The number of halogens is 1. The molecular formula is C16H20ClN3O. The molecule has 5 heteroatoms. The van der Waals surface area contributed by atoms with E-state index in [4.69, 9.17) is 11.6 Å². The summed E-state index contributed by atoms with van der Waals surface area (Å²) in [6.07, 6.45) is 3.51. The summed E-state index contributed by atoms with van der Waals surface area (Å²) in [5, 5.41) is 10.4. The van der Waals surface area contributed by atoms with Gasteiger partial charge in [-0.1, -0.05) is 37.6 Å². The molecule has 21 heavy (non-hydrogen) atoms. The van der Waals surface area contributed by atoms with Crippen molar-refractivity contribution in [1.82, 2.24) is 15.5 Å². The third-order valence-corrected chi connectivity index (χ3v) is 3.81. The van der Waals surface area contributed by atoms with E-state index >= 15 is 0 Å². The minimum atomic E-state index is -0.198. The summed E-state index contributed by atoms with van der Waals surface area (Å²) >= 11 is 5.92. The molecule has 0 spiro atoms.